The Morgan fingerprint density at radius 1 is 1.20 bits per heavy atom. The fourth-order valence-corrected chi connectivity index (χ4v) is 3.08. The Morgan fingerprint density at radius 3 is 2.85 bits per heavy atom. The summed E-state index contributed by atoms with van der Waals surface area (Å²) in [5.41, 5.74) is 3.11. The molecule has 1 heterocycles. The van der Waals surface area contributed by atoms with Crippen molar-refractivity contribution in [2.45, 2.75) is 13.0 Å². The van der Waals surface area contributed by atoms with E-state index < -0.39 is 0 Å². The summed E-state index contributed by atoms with van der Waals surface area (Å²) in [6.45, 7) is 0.739. The number of hydrogen-bond acceptors (Lipinski definition) is 1. The molecule has 3 rings (SSSR count). The fraction of sp³-hybridized carbons (Fsp3) is 0.133. The first-order chi connectivity index (χ1) is 9.63. The van der Waals surface area contributed by atoms with E-state index in [-0.39, 0.29) is 5.82 Å². The van der Waals surface area contributed by atoms with Crippen LogP contribution >= 0.6 is 34.8 Å². The van der Waals surface area contributed by atoms with Crippen molar-refractivity contribution in [2.75, 3.05) is 0 Å². The fourth-order valence-electron chi connectivity index (χ4n) is 2.29. The van der Waals surface area contributed by atoms with Gasteiger partial charge in [-0.05, 0) is 77.1 Å². The number of nitrogens with zero attached hydrogens (tertiary/aromatic N) is 1. The molecule has 0 bridgehead atoms. The van der Waals surface area contributed by atoms with Gasteiger partial charge in [0.05, 0.1) is 11.0 Å². The molecule has 102 valence electrons. The molecule has 5 heteroatoms. The molecule has 0 radical (unpaired) electrons. The van der Waals surface area contributed by atoms with Crippen LogP contribution in [0.1, 0.15) is 5.56 Å². The van der Waals surface area contributed by atoms with Crippen LogP contribution in [-0.2, 0) is 13.0 Å². The summed E-state index contributed by atoms with van der Waals surface area (Å²) < 4.78 is 17.1. The van der Waals surface area contributed by atoms with E-state index in [1.54, 1.807) is 12.1 Å². The van der Waals surface area contributed by atoms with Crippen LogP contribution in [0.4, 0.5) is 4.39 Å². The van der Waals surface area contributed by atoms with E-state index in [0.717, 1.165) is 29.6 Å². The molecule has 0 amide bonds. The lowest BCUT2D eigenvalue weighted by molar-refractivity contribution is 0.622. The van der Waals surface area contributed by atoms with Gasteiger partial charge in [-0.3, -0.25) is 0 Å². The molecule has 0 aliphatic heterocycles. The highest BCUT2D eigenvalue weighted by Crippen LogP contribution is 2.18. The number of imidazole rings is 1. The Labute approximate surface area is 134 Å². The zero-order chi connectivity index (χ0) is 14.1. The third-order valence-corrected chi connectivity index (χ3v) is 4.24. The lowest BCUT2D eigenvalue weighted by Gasteiger charge is -2.05. The van der Waals surface area contributed by atoms with E-state index in [9.17, 15) is 4.39 Å². The number of fused-ring (bicyclic) bond motifs is 1. The molecule has 2 aromatic carbocycles. The Bertz CT molecular complexity index is 822. The standard InChI is InChI=1S/C15H12FIN2S/c16-11-3-1-2-10(8-11)6-7-19-14-5-4-12(17)9-13(14)18-15(19)20/h1-5,8-9H,6-7H2,(H,18,20). The first-order valence-corrected chi connectivity index (χ1v) is 7.75. The molecule has 0 fully saturated rings. The number of aromatic nitrogens is 2. The van der Waals surface area contributed by atoms with Crippen molar-refractivity contribution in [3.63, 3.8) is 0 Å². The molecular weight excluding hydrogens is 386 g/mol. The lowest BCUT2D eigenvalue weighted by Crippen LogP contribution is -2.01. The van der Waals surface area contributed by atoms with Gasteiger partial charge in [-0.25, -0.2) is 4.39 Å². The molecule has 2 nitrogen and oxygen atoms in total. The van der Waals surface area contributed by atoms with Crippen LogP contribution in [0.15, 0.2) is 42.5 Å². The second-order valence-electron chi connectivity index (χ2n) is 4.62. The van der Waals surface area contributed by atoms with Crippen LogP contribution in [0, 0.1) is 14.2 Å². The van der Waals surface area contributed by atoms with Gasteiger partial charge in [0.1, 0.15) is 5.82 Å². The van der Waals surface area contributed by atoms with Gasteiger partial charge in [0.15, 0.2) is 4.77 Å². The van der Waals surface area contributed by atoms with Gasteiger partial charge in [0, 0.05) is 10.1 Å². The number of hydrogen-bond donors (Lipinski definition) is 1. The van der Waals surface area contributed by atoms with Gasteiger partial charge in [0.25, 0.3) is 0 Å². The van der Waals surface area contributed by atoms with Crippen LogP contribution in [0.3, 0.4) is 0 Å². The van der Waals surface area contributed by atoms with Crippen molar-refractivity contribution in [3.8, 4) is 0 Å². The van der Waals surface area contributed by atoms with E-state index in [4.69, 9.17) is 12.2 Å². The second-order valence-corrected chi connectivity index (χ2v) is 6.26. The number of aryl methyl sites for hydroxylation is 2. The van der Waals surface area contributed by atoms with Crippen molar-refractivity contribution in [3.05, 3.63) is 62.2 Å². The van der Waals surface area contributed by atoms with Crippen LogP contribution in [-0.4, -0.2) is 9.55 Å². The van der Waals surface area contributed by atoms with Crippen molar-refractivity contribution < 1.29 is 4.39 Å². The van der Waals surface area contributed by atoms with Gasteiger partial charge in [0.2, 0.25) is 0 Å². The maximum Gasteiger partial charge on any atom is 0.178 e. The summed E-state index contributed by atoms with van der Waals surface area (Å²) in [7, 11) is 0. The number of benzene rings is 2. The minimum atomic E-state index is -0.195. The van der Waals surface area contributed by atoms with E-state index in [0.29, 0.717) is 4.77 Å². The van der Waals surface area contributed by atoms with E-state index >= 15 is 0 Å². The van der Waals surface area contributed by atoms with Crippen LogP contribution in [0.2, 0.25) is 0 Å². The zero-order valence-corrected chi connectivity index (χ0v) is 13.5. The molecular formula is C15H12FIN2S. The molecule has 3 aromatic rings. The van der Waals surface area contributed by atoms with Gasteiger partial charge < -0.3 is 9.55 Å². The third kappa shape index (κ3) is 2.78. The molecule has 0 unspecified atom stereocenters. The molecule has 0 saturated carbocycles. The Balaban J connectivity index is 1.91. The Kier molecular flexibility index (Phi) is 3.89. The predicted molar refractivity (Wildman–Crippen MR) is 89.9 cm³/mol. The summed E-state index contributed by atoms with van der Waals surface area (Å²) in [6.07, 6.45) is 0.755. The zero-order valence-electron chi connectivity index (χ0n) is 10.6. The topological polar surface area (TPSA) is 20.7 Å². The van der Waals surface area contributed by atoms with E-state index in [1.165, 1.54) is 9.64 Å². The summed E-state index contributed by atoms with van der Waals surface area (Å²) in [5.74, 6) is -0.195. The normalized spacial score (nSPS) is 11.1. The Morgan fingerprint density at radius 2 is 2.05 bits per heavy atom. The highest BCUT2D eigenvalue weighted by atomic mass is 127. The number of rotatable bonds is 3. The van der Waals surface area contributed by atoms with Crippen LogP contribution in [0.5, 0.6) is 0 Å². The number of aromatic amines is 1. The molecule has 0 atom stereocenters. The number of H-pyrrole nitrogens is 1. The second kappa shape index (κ2) is 5.65. The summed E-state index contributed by atoms with van der Waals surface area (Å²) in [4.78, 5) is 3.21. The monoisotopic (exact) mass is 398 g/mol. The highest BCUT2D eigenvalue weighted by molar-refractivity contribution is 14.1. The molecule has 0 spiro atoms. The average molecular weight is 398 g/mol. The molecule has 1 aromatic heterocycles. The molecule has 0 aliphatic rings. The van der Waals surface area contributed by atoms with Crippen molar-refractivity contribution in [1.29, 1.82) is 0 Å². The van der Waals surface area contributed by atoms with Crippen molar-refractivity contribution in [1.82, 2.24) is 9.55 Å². The van der Waals surface area contributed by atoms with Crippen LogP contribution < -0.4 is 0 Å². The maximum atomic E-state index is 13.2. The van der Waals surface area contributed by atoms with E-state index in [1.807, 2.05) is 6.07 Å². The molecule has 0 aliphatic carbocycles. The smallest absolute Gasteiger partial charge is 0.178 e. The predicted octanol–water partition coefficient (Wildman–Crippen LogP) is 4.69. The quantitative estimate of drug-likeness (QED) is 0.502. The largest absolute Gasteiger partial charge is 0.331 e. The minimum absolute atomic E-state index is 0.195. The van der Waals surface area contributed by atoms with Gasteiger partial charge in [-0.2, -0.15) is 0 Å². The summed E-state index contributed by atoms with van der Waals surface area (Å²) in [6, 6.07) is 12.9. The maximum absolute atomic E-state index is 13.2. The van der Waals surface area contributed by atoms with Gasteiger partial charge in [-0.1, -0.05) is 12.1 Å². The SMILES string of the molecule is Fc1cccc(CCn2c(=S)[nH]c3cc(I)ccc32)c1. The summed E-state index contributed by atoms with van der Waals surface area (Å²) >= 11 is 7.65. The number of halogens is 2. The molecule has 20 heavy (non-hydrogen) atoms. The molecule has 1 N–H and O–H groups in total. The van der Waals surface area contributed by atoms with Gasteiger partial charge in [-0.15, -0.1) is 0 Å². The molecule has 0 saturated heterocycles. The minimum Gasteiger partial charge on any atom is -0.331 e. The van der Waals surface area contributed by atoms with Crippen molar-refractivity contribution >= 4 is 45.8 Å². The van der Waals surface area contributed by atoms with Gasteiger partial charge >= 0.3 is 0 Å². The highest BCUT2D eigenvalue weighted by Gasteiger charge is 2.05. The summed E-state index contributed by atoms with van der Waals surface area (Å²) in [5, 5.41) is 0. The van der Waals surface area contributed by atoms with Crippen LogP contribution in [0.25, 0.3) is 11.0 Å². The van der Waals surface area contributed by atoms with Crippen molar-refractivity contribution in [2.24, 2.45) is 0 Å². The lowest BCUT2D eigenvalue weighted by atomic mass is 10.1. The number of nitrogens with one attached hydrogen (secondary N) is 1. The first-order valence-electron chi connectivity index (χ1n) is 6.26. The van der Waals surface area contributed by atoms with E-state index in [2.05, 4.69) is 50.3 Å². The Hall–Kier alpha value is -1.21. The third-order valence-electron chi connectivity index (χ3n) is 3.25. The average Bonchev–Trinajstić information content (AvgIpc) is 2.71. The first kappa shape index (κ1) is 13.8.